The molecular formula is C21H27N. The summed E-state index contributed by atoms with van der Waals surface area (Å²) < 4.78 is 0. The van der Waals surface area contributed by atoms with E-state index in [-0.39, 0.29) is 0 Å². The summed E-state index contributed by atoms with van der Waals surface area (Å²) in [5.74, 6) is 0. The summed E-state index contributed by atoms with van der Waals surface area (Å²) >= 11 is 0. The summed E-state index contributed by atoms with van der Waals surface area (Å²) in [6, 6.07) is 21.6. The van der Waals surface area contributed by atoms with Crippen molar-refractivity contribution in [2.24, 2.45) is 0 Å². The Bertz CT molecular complexity index is 532. The molecule has 1 nitrogen and oxygen atoms in total. The lowest BCUT2D eigenvalue weighted by Gasteiger charge is -2.27. The second-order valence-electron chi connectivity index (χ2n) is 5.51. The molecule has 22 heavy (non-hydrogen) atoms. The molecule has 1 heteroatoms. The third-order valence-electron chi connectivity index (χ3n) is 4.07. The lowest BCUT2D eigenvalue weighted by atomic mass is 9.88. The van der Waals surface area contributed by atoms with Crippen molar-refractivity contribution in [2.45, 2.75) is 26.7 Å². The van der Waals surface area contributed by atoms with Crippen LogP contribution < -0.4 is 0 Å². The summed E-state index contributed by atoms with van der Waals surface area (Å²) in [6.45, 7) is 6.33. The lowest BCUT2D eigenvalue weighted by molar-refractivity contribution is 0.313. The smallest absolute Gasteiger partial charge is 0.00160 e. The van der Waals surface area contributed by atoms with E-state index >= 15 is 0 Å². The average molecular weight is 293 g/mol. The van der Waals surface area contributed by atoms with Crippen LogP contribution in [0.1, 0.15) is 37.8 Å². The maximum atomic E-state index is 2.41. The molecule has 1 heterocycles. The van der Waals surface area contributed by atoms with E-state index in [1.165, 1.54) is 42.6 Å². The van der Waals surface area contributed by atoms with Gasteiger partial charge >= 0.3 is 0 Å². The largest absolute Gasteiger partial charge is 0.306 e. The van der Waals surface area contributed by atoms with Gasteiger partial charge in [0.15, 0.2) is 0 Å². The first-order valence-electron chi connectivity index (χ1n) is 8.36. The first-order valence-corrected chi connectivity index (χ1v) is 8.36. The van der Waals surface area contributed by atoms with Gasteiger partial charge in [-0.15, -0.1) is 0 Å². The minimum Gasteiger partial charge on any atom is -0.306 e. The number of hydrogen-bond acceptors (Lipinski definition) is 1. The fourth-order valence-electron chi connectivity index (χ4n) is 2.92. The molecule has 1 fully saturated rings. The number of hydrogen-bond donors (Lipinski definition) is 0. The number of likely N-dealkylation sites (tertiary alicyclic amines) is 1. The number of piperidine rings is 1. The Morgan fingerprint density at radius 2 is 1.14 bits per heavy atom. The molecule has 0 N–H and O–H groups in total. The molecule has 0 atom stereocenters. The lowest BCUT2D eigenvalue weighted by Crippen LogP contribution is -2.26. The van der Waals surface area contributed by atoms with Crippen molar-refractivity contribution >= 4 is 5.57 Å². The van der Waals surface area contributed by atoms with Crippen LogP contribution >= 0.6 is 0 Å². The highest BCUT2D eigenvalue weighted by atomic mass is 15.1. The molecule has 0 bridgehead atoms. The second kappa shape index (κ2) is 8.55. The molecule has 0 radical (unpaired) electrons. The predicted molar refractivity (Wildman–Crippen MR) is 97.0 cm³/mol. The van der Waals surface area contributed by atoms with Crippen LogP contribution in [-0.2, 0) is 0 Å². The average Bonchev–Trinajstić information content (AvgIpc) is 2.61. The van der Waals surface area contributed by atoms with Crippen molar-refractivity contribution in [2.75, 3.05) is 20.1 Å². The monoisotopic (exact) mass is 293 g/mol. The molecule has 0 spiro atoms. The van der Waals surface area contributed by atoms with Crippen LogP contribution in [0, 0.1) is 0 Å². The van der Waals surface area contributed by atoms with E-state index in [9.17, 15) is 0 Å². The third kappa shape index (κ3) is 4.08. The van der Waals surface area contributed by atoms with Crippen molar-refractivity contribution in [3.63, 3.8) is 0 Å². The number of rotatable bonds is 2. The van der Waals surface area contributed by atoms with Gasteiger partial charge in [0.25, 0.3) is 0 Å². The summed E-state index contributed by atoms with van der Waals surface area (Å²) in [6.07, 6.45) is 2.35. The molecule has 1 saturated heterocycles. The van der Waals surface area contributed by atoms with Gasteiger partial charge in [0, 0.05) is 13.1 Å². The quantitative estimate of drug-likeness (QED) is 0.732. The first kappa shape index (κ1) is 16.5. The van der Waals surface area contributed by atoms with Crippen LogP contribution in [0.3, 0.4) is 0 Å². The Hall–Kier alpha value is -1.86. The Morgan fingerprint density at radius 1 is 0.727 bits per heavy atom. The van der Waals surface area contributed by atoms with Crippen molar-refractivity contribution in [1.82, 2.24) is 4.90 Å². The molecule has 0 amide bonds. The molecule has 1 aliphatic rings. The fourth-order valence-corrected chi connectivity index (χ4v) is 2.92. The van der Waals surface area contributed by atoms with Gasteiger partial charge in [0.1, 0.15) is 0 Å². The SMILES string of the molecule is CC.CN1CCC(=C(c2ccccc2)c2ccccc2)CC1. The zero-order chi connectivity index (χ0) is 15.8. The fraction of sp³-hybridized carbons (Fsp3) is 0.333. The molecule has 116 valence electrons. The molecule has 0 saturated carbocycles. The van der Waals surface area contributed by atoms with Crippen molar-refractivity contribution in [3.05, 3.63) is 77.4 Å². The molecule has 0 unspecified atom stereocenters. The summed E-state index contributed by atoms with van der Waals surface area (Å²) in [5.41, 5.74) is 5.73. The van der Waals surface area contributed by atoms with E-state index < -0.39 is 0 Å². The van der Waals surface area contributed by atoms with Crippen LogP contribution in [0.25, 0.3) is 5.57 Å². The van der Waals surface area contributed by atoms with E-state index in [4.69, 9.17) is 0 Å². The molecule has 0 aliphatic carbocycles. The molecule has 0 aromatic heterocycles. The van der Waals surface area contributed by atoms with Gasteiger partial charge in [0.2, 0.25) is 0 Å². The Balaban J connectivity index is 0.000000847. The summed E-state index contributed by atoms with van der Waals surface area (Å²) in [4.78, 5) is 2.41. The van der Waals surface area contributed by atoms with Gasteiger partial charge in [0.05, 0.1) is 0 Å². The van der Waals surface area contributed by atoms with Crippen LogP contribution in [0.5, 0.6) is 0 Å². The van der Waals surface area contributed by atoms with Crippen molar-refractivity contribution in [1.29, 1.82) is 0 Å². The summed E-state index contributed by atoms with van der Waals surface area (Å²) in [5, 5.41) is 0. The van der Waals surface area contributed by atoms with E-state index in [2.05, 4.69) is 72.6 Å². The minimum atomic E-state index is 1.17. The Labute approximate surface area is 135 Å². The van der Waals surface area contributed by atoms with E-state index in [1.54, 1.807) is 5.57 Å². The van der Waals surface area contributed by atoms with Crippen LogP contribution in [0.4, 0.5) is 0 Å². The van der Waals surface area contributed by atoms with Crippen LogP contribution in [-0.4, -0.2) is 25.0 Å². The van der Waals surface area contributed by atoms with E-state index in [0.29, 0.717) is 0 Å². The highest BCUT2D eigenvalue weighted by molar-refractivity contribution is 5.82. The molecule has 1 aliphatic heterocycles. The Morgan fingerprint density at radius 3 is 1.55 bits per heavy atom. The maximum Gasteiger partial charge on any atom is 0.00160 e. The molecular weight excluding hydrogens is 266 g/mol. The standard InChI is InChI=1S/C19H21N.C2H6/c1-20-14-12-18(13-15-20)19(16-8-4-2-5-9-16)17-10-6-3-7-11-17;1-2/h2-11H,12-15H2,1H3;1-2H3. The van der Waals surface area contributed by atoms with Gasteiger partial charge in [-0.3, -0.25) is 0 Å². The summed E-state index contributed by atoms with van der Waals surface area (Å²) in [7, 11) is 2.21. The number of benzene rings is 2. The van der Waals surface area contributed by atoms with Gasteiger partial charge in [-0.25, -0.2) is 0 Å². The van der Waals surface area contributed by atoms with Gasteiger partial charge in [-0.05, 0) is 36.6 Å². The zero-order valence-corrected chi connectivity index (χ0v) is 14.0. The zero-order valence-electron chi connectivity index (χ0n) is 14.0. The van der Waals surface area contributed by atoms with Crippen molar-refractivity contribution in [3.8, 4) is 0 Å². The van der Waals surface area contributed by atoms with E-state index in [1.807, 2.05) is 13.8 Å². The van der Waals surface area contributed by atoms with Crippen LogP contribution in [0.15, 0.2) is 66.2 Å². The maximum absolute atomic E-state index is 2.41. The Kier molecular flexibility index (Phi) is 6.42. The van der Waals surface area contributed by atoms with Gasteiger partial charge < -0.3 is 4.90 Å². The molecule has 2 aromatic carbocycles. The minimum absolute atomic E-state index is 1.17. The van der Waals surface area contributed by atoms with Gasteiger partial charge in [-0.2, -0.15) is 0 Å². The van der Waals surface area contributed by atoms with E-state index in [0.717, 1.165) is 0 Å². The molecule has 3 rings (SSSR count). The third-order valence-corrected chi connectivity index (χ3v) is 4.07. The normalized spacial score (nSPS) is 15.0. The predicted octanol–water partition coefficient (Wildman–Crippen LogP) is 5.24. The van der Waals surface area contributed by atoms with Gasteiger partial charge in [-0.1, -0.05) is 80.1 Å². The van der Waals surface area contributed by atoms with Crippen molar-refractivity contribution < 1.29 is 0 Å². The topological polar surface area (TPSA) is 3.24 Å². The van der Waals surface area contributed by atoms with Crippen LogP contribution in [0.2, 0.25) is 0 Å². The number of nitrogens with zero attached hydrogens (tertiary/aromatic N) is 1. The highest BCUT2D eigenvalue weighted by Gasteiger charge is 2.16. The highest BCUT2D eigenvalue weighted by Crippen LogP contribution is 2.31. The second-order valence-corrected chi connectivity index (χ2v) is 5.51. The molecule has 2 aromatic rings. The first-order chi connectivity index (χ1) is 10.8.